The van der Waals surface area contributed by atoms with Gasteiger partial charge in [0.1, 0.15) is 13.2 Å². The Morgan fingerprint density at radius 1 is 0.581 bits per heavy atom. The number of carbonyl (C=O) groups excluding carboxylic acids is 5. The van der Waals surface area contributed by atoms with Gasteiger partial charge in [0.2, 0.25) is 11.8 Å². The first-order chi connectivity index (χ1) is 29.8. The highest BCUT2D eigenvalue weighted by molar-refractivity contribution is 6.41. The van der Waals surface area contributed by atoms with E-state index in [4.69, 9.17) is 20.4 Å². The Kier molecular flexibility index (Phi) is 12.3. The Balaban J connectivity index is 0.000000187. The van der Waals surface area contributed by atoms with Crippen LogP contribution < -0.4 is 19.8 Å². The van der Waals surface area contributed by atoms with Crippen molar-refractivity contribution < 1.29 is 58.9 Å². The summed E-state index contributed by atoms with van der Waals surface area (Å²) < 4.78 is 4.99. The fraction of sp³-hybridized carbons (Fsp3) is 0.182. The second-order valence-corrected chi connectivity index (χ2v) is 14.2. The zero-order chi connectivity index (χ0) is 44.2. The smallest absolute Gasteiger partial charge is 0.338 e. The van der Waals surface area contributed by atoms with E-state index in [2.05, 4.69) is 20.0 Å². The summed E-state index contributed by atoms with van der Waals surface area (Å²) in [6.07, 6.45) is 0.141. The maximum Gasteiger partial charge on any atom is 0.338 e. The van der Waals surface area contributed by atoms with Crippen molar-refractivity contribution in [3.8, 4) is 0 Å². The normalized spacial score (nSPS) is 16.0. The third kappa shape index (κ3) is 8.25. The molecule has 4 amide bonds. The molecule has 0 bridgehead atoms. The largest absolute Gasteiger partial charge is 0.478 e. The van der Waals surface area contributed by atoms with E-state index >= 15 is 0 Å². The molecule has 0 saturated carbocycles. The molecular formula is C44H38N6O12. The lowest BCUT2D eigenvalue weighted by Gasteiger charge is -2.27. The number of amides is 4. The molecule has 0 radical (unpaired) electrons. The van der Waals surface area contributed by atoms with Gasteiger partial charge in [-0.05, 0) is 116 Å². The summed E-state index contributed by atoms with van der Waals surface area (Å²) in [5.74, 6) is -2.23. The van der Waals surface area contributed by atoms with Gasteiger partial charge < -0.3 is 9.84 Å². The van der Waals surface area contributed by atoms with E-state index in [1.165, 1.54) is 44.1 Å². The van der Waals surface area contributed by atoms with Gasteiger partial charge >= 0.3 is 11.9 Å². The number of amidine groups is 2. The highest BCUT2D eigenvalue weighted by Crippen LogP contribution is 2.36. The third-order valence-corrected chi connectivity index (χ3v) is 10.1. The minimum Gasteiger partial charge on any atom is -0.478 e. The van der Waals surface area contributed by atoms with Crippen molar-refractivity contribution in [1.29, 1.82) is 0 Å². The zero-order valence-corrected chi connectivity index (χ0v) is 33.5. The summed E-state index contributed by atoms with van der Waals surface area (Å²) in [4.78, 5) is 85.8. The predicted molar refractivity (Wildman–Crippen MR) is 223 cm³/mol. The number of carbonyl (C=O) groups is 6. The van der Waals surface area contributed by atoms with Gasteiger partial charge in [-0.15, -0.1) is 10.2 Å². The second-order valence-electron chi connectivity index (χ2n) is 14.2. The molecule has 4 heterocycles. The molecule has 3 N–H and O–H groups in total. The summed E-state index contributed by atoms with van der Waals surface area (Å²) >= 11 is 0. The van der Waals surface area contributed by atoms with Crippen LogP contribution in [0, 0.1) is 0 Å². The van der Waals surface area contributed by atoms with Crippen molar-refractivity contribution in [2.45, 2.75) is 46.8 Å². The fourth-order valence-corrected chi connectivity index (χ4v) is 7.08. The van der Waals surface area contributed by atoms with E-state index < -0.39 is 11.9 Å². The van der Waals surface area contributed by atoms with E-state index in [0.717, 1.165) is 5.56 Å². The number of ether oxygens (including phenoxy) is 1. The molecule has 18 heteroatoms. The molecule has 4 aliphatic rings. The van der Waals surface area contributed by atoms with Gasteiger partial charge in [-0.25, -0.2) is 19.4 Å². The van der Waals surface area contributed by atoms with Gasteiger partial charge in [0.25, 0.3) is 11.8 Å². The van der Waals surface area contributed by atoms with E-state index in [1.807, 2.05) is 0 Å². The first-order valence-corrected chi connectivity index (χ1v) is 19.1. The maximum atomic E-state index is 13.1. The summed E-state index contributed by atoms with van der Waals surface area (Å²) in [5, 5.41) is 37.6. The molecule has 316 valence electrons. The second kappa shape index (κ2) is 17.9. The number of rotatable bonds is 11. The highest BCUT2D eigenvalue weighted by Gasteiger charge is 2.43. The van der Waals surface area contributed by atoms with Crippen LogP contribution in [0.1, 0.15) is 65.5 Å². The summed E-state index contributed by atoms with van der Waals surface area (Å²) in [5.41, 5.74) is 5.82. The number of carboxylic acid groups (broad SMARTS) is 1. The van der Waals surface area contributed by atoms with Gasteiger partial charge in [0, 0.05) is 12.8 Å². The van der Waals surface area contributed by atoms with E-state index in [0.29, 0.717) is 56.2 Å². The minimum absolute atomic E-state index is 0.0155. The lowest BCUT2D eigenvalue weighted by atomic mass is 9.98. The number of benzene rings is 4. The quantitative estimate of drug-likeness (QED) is 0.0890. The number of carboxylic acids is 1. The Bertz CT molecular complexity index is 2600. The molecule has 18 nitrogen and oxygen atoms in total. The van der Waals surface area contributed by atoms with E-state index in [9.17, 15) is 28.8 Å². The van der Waals surface area contributed by atoms with Crippen LogP contribution in [0.2, 0.25) is 0 Å². The molecule has 0 fully saturated rings. The van der Waals surface area contributed by atoms with Crippen LogP contribution in [-0.4, -0.2) is 69.5 Å². The molecule has 4 aromatic carbocycles. The van der Waals surface area contributed by atoms with Crippen molar-refractivity contribution >= 4 is 70.0 Å². The molecule has 8 rings (SSSR count). The first-order valence-electron chi connectivity index (χ1n) is 19.1. The maximum absolute atomic E-state index is 13.1. The van der Waals surface area contributed by atoms with Crippen molar-refractivity contribution in [3.05, 3.63) is 142 Å². The number of aromatic carboxylic acids is 1. The molecule has 0 spiro atoms. The number of esters is 1. The molecule has 0 saturated heterocycles. The summed E-state index contributed by atoms with van der Waals surface area (Å²) in [6.45, 7) is 5.49. The predicted octanol–water partition coefficient (Wildman–Crippen LogP) is 6.05. The van der Waals surface area contributed by atoms with Gasteiger partial charge in [-0.2, -0.15) is 10.0 Å². The Morgan fingerprint density at radius 2 is 0.952 bits per heavy atom. The van der Waals surface area contributed by atoms with Crippen molar-refractivity contribution in [1.82, 2.24) is 0 Å². The molecule has 62 heavy (non-hydrogen) atoms. The van der Waals surface area contributed by atoms with Gasteiger partial charge in [0.15, 0.2) is 11.7 Å². The molecule has 0 aliphatic carbocycles. The summed E-state index contributed by atoms with van der Waals surface area (Å²) in [7, 11) is 0. The average molecular weight is 843 g/mol. The van der Waals surface area contributed by atoms with Crippen LogP contribution in [0.4, 0.5) is 22.7 Å². The van der Waals surface area contributed by atoms with Gasteiger partial charge in [0.05, 0.1) is 51.6 Å². The fourth-order valence-electron chi connectivity index (χ4n) is 7.08. The van der Waals surface area contributed by atoms with Gasteiger partial charge in [-0.1, -0.05) is 24.3 Å². The topological polar surface area (TPSA) is 228 Å². The Labute approximate surface area is 353 Å². The molecular weight excluding hydrogens is 805 g/mol. The number of hydrogen-bond acceptors (Lipinski definition) is 13. The van der Waals surface area contributed by atoms with E-state index in [-0.39, 0.29) is 73.5 Å². The van der Waals surface area contributed by atoms with Gasteiger partial charge in [-0.3, -0.25) is 39.5 Å². The highest BCUT2D eigenvalue weighted by atomic mass is 17.1. The number of hydrazone groups is 2. The van der Waals surface area contributed by atoms with Crippen LogP contribution in [0.3, 0.4) is 0 Å². The van der Waals surface area contributed by atoms with Crippen LogP contribution >= 0.6 is 0 Å². The van der Waals surface area contributed by atoms with Crippen LogP contribution in [0.15, 0.2) is 130 Å². The average Bonchev–Trinajstić information content (AvgIpc) is 3.79. The standard InChI is InChI=1S/C23H21N3O6.C21H17N3O6/c1-3-31-23(29)16-6-10-17(11-7-16)25-19(27)12-14(2)20-21(25)24-26(22(20)28)18-8-4-15(5-9-18)13-32-30;1-12-10-17(25)23(15-8-4-14(5-9-15)21(27)28)19-18(12)20(26)24(22-19)16-6-2-13(3-7-16)11-30-29/h4-11,30H,3,12-13H2,1-2H3;2-9,29H,10-11H2,1H3,(H,27,28). The number of nitrogens with zero attached hydrogens (tertiary/aromatic N) is 6. The Morgan fingerprint density at radius 3 is 1.31 bits per heavy atom. The number of fused-ring (bicyclic) bond motifs is 2. The first kappa shape index (κ1) is 42.5. The SMILES string of the molecule is CC1=C2C(=O)N(c3ccc(COO)cc3)N=C2N(c2ccc(C(=O)O)cc2)C(=O)C1.CCOC(=O)c1ccc(N2C(=O)CC(C)=C3C(=O)N(c4ccc(COO)cc4)N=C32)cc1. The lowest BCUT2D eigenvalue weighted by Crippen LogP contribution is -2.41. The van der Waals surface area contributed by atoms with Crippen LogP contribution in [0.25, 0.3) is 0 Å². The lowest BCUT2D eigenvalue weighted by molar-refractivity contribution is -0.253. The minimum atomic E-state index is -1.07. The van der Waals surface area contributed by atoms with Crippen molar-refractivity contribution in [2.24, 2.45) is 10.2 Å². The molecule has 0 aromatic heterocycles. The zero-order valence-electron chi connectivity index (χ0n) is 33.5. The monoisotopic (exact) mass is 842 g/mol. The van der Waals surface area contributed by atoms with Crippen molar-refractivity contribution in [3.63, 3.8) is 0 Å². The molecule has 4 aromatic rings. The van der Waals surface area contributed by atoms with Crippen LogP contribution in [-0.2, 0) is 46.9 Å². The summed E-state index contributed by atoms with van der Waals surface area (Å²) in [6, 6.07) is 25.7. The molecule has 4 aliphatic heterocycles. The van der Waals surface area contributed by atoms with Crippen LogP contribution in [0.5, 0.6) is 0 Å². The third-order valence-electron chi connectivity index (χ3n) is 10.1. The van der Waals surface area contributed by atoms with E-state index in [1.54, 1.807) is 93.6 Å². The molecule has 0 atom stereocenters. The number of hydrogen-bond donors (Lipinski definition) is 3. The Hall–Kier alpha value is -7.64. The number of anilines is 4. The van der Waals surface area contributed by atoms with Crippen molar-refractivity contribution in [2.75, 3.05) is 26.4 Å². The molecule has 0 unspecified atom stereocenters.